The number of ketones is 2. The summed E-state index contributed by atoms with van der Waals surface area (Å²) in [5.41, 5.74) is 0.854. The molecule has 0 aromatic heterocycles. The lowest BCUT2D eigenvalue weighted by Gasteiger charge is -1.99. The molecule has 5 heteroatoms. The largest absolute Gasteiger partial charge is 0.502 e. The van der Waals surface area contributed by atoms with E-state index in [2.05, 4.69) is 6.58 Å². The van der Waals surface area contributed by atoms with Gasteiger partial charge in [-0.3, -0.25) is 9.59 Å². The third-order valence-electron chi connectivity index (χ3n) is 2.53. The van der Waals surface area contributed by atoms with Crippen molar-refractivity contribution >= 4 is 17.5 Å². The minimum atomic E-state index is -1.38. The van der Waals surface area contributed by atoms with Crippen molar-refractivity contribution in [1.29, 1.82) is 0 Å². The molecule has 2 rings (SSSR count). The van der Waals surface area contributed by atoms with E-state index in [1.807, 2.05) is 12.1 Å². The summed E-state index contributed by atoms with van der Waals surface area (Å²) in [5, 5.41) is 15.5. The van der Waals surface area contributed by atoms with Crippen LogP contribution in [0, 0.1) is 0 Å². The van der Waals surface area contributed by atoms with Crippen LogP contribution in [-0.2, 0) is 4.79 Å². The molecule has 5 nitrogen and oxygen atoms in total. The zero-order valence-corrected chi connectivity index (χ0v) is 11.6. The molecular weight excluding hydrogens is 284 g/mol. The molecule has 0 aliphatic heterocycles. The van der Waals surface area contributed by atoms with Crippen molar-refractivity contribution in [2.75, 3.05) is 0 Å². The molecule has 2 aromatic rings. The van der Waals surface area contributed by atoms with E-state index in [0.29, 0.717) is 11.1 Å². The molecule has 2 aromatic carbocycles. The standard InChI is InChI=1S/C14H10O2.C3H4O3/c15-13(11-7-3-1-4-8-11)14(16)12-9-5-2-6-10-12;1-2(4)3(5)6/h1-10H;4H,1H2,(H,5,6). The lowest BCUT2D eigenvalue weighted by Crippen LogP contribution is -2.14. The first-order valence-corrected chi connectivity index (χ1v) is 6.23. The van der Waals surface area contributed by atoms with Gasteiger partial charge in [-0.2, -0.15) is 0 Å². The van der Waals surface area contributed by atoms with Crippen LogP contribution < -0.4 is 0 Å². The topological polar surface area (TPSA) is 91.7 Å². The predicted molar refractivity (Wildman–Crippen MR) is 80.9 cm³/mol. The van der Waals surface area contributed by atoms with E-state index in [1.165, 1.54) is 0 Å². The molecule has 0 spiro atoms. The first kappa shape index (κ1) is 16.8. The molecule has 22 heavy (non-hydrogen) atoms. The Hall–Kier alpha value is -3.21. The van der Waals surface area contributed by atoms with Gasteiger partial charge < -0.3 is 10.2 Å². The van der Waals surface area contributed by atoms with E-state index in [0.717, 1.165) is 0 Å². The molecule has 0 unspecified atom stereocenters. The van der Waals surface area contributed by atoms with Crippen molar-refractivity contribution in [1.82, 2.24) is 0 Å². The number of benzene rings is 2. The van der Waals surface area contributed by atoms with Crippen molar-refractivity contribution in [3.63, 3.8) is 0 Å². The van der Waals surface area contributed by atoms with E-state index in [4.69, 9.17) is 10.2 Å². The number of aliphatic hydroxyl groups excluding tert-OH is 1. The third kappa shape index (κ3) is 5.05. The Morgan fingerprint density at radius 3 is 1.18 bits per heavy atom. The highest BCUT2D eigenvalue weighted by Crippen LogP contribution is 2.07. The first-order chi connectivity index (χ1) is 10.4. The molecule has 0 bridgehead atoms. The molecule has 112 valence electrons. The number of carboxylic acid groups (broad SMARTS) is 1. The van der Waals surface area contributed by atoms with Gasteiger partial charge in [-0.25, -0.2) is 4.79 Å². The van der Waals surface area contributed by atoms with Crippen LogP contribution in [0.5, 0.6) is 0 Å². The highest BCUT2D eigenvalue weighted by atomic mass is 16.4. The maximum Gasteiger partial charge on any atom is 0.370 e. The fourth-order valence-electron chi connectivity index (χ4n) is 1.44. The molecule has 2 N–H and O–H groups in total. The van der Waals surface area contributed by atoms with Gasteiger partial charge in [0.25, 0.3) is 0 Å². The highest BCUT2D eigenvalue weighted by Gasteiger charge is 2.16. The minimum Gasteiger partial charge on any atom is -0.502 e. The van der Waals surface area contributed by atoms with Crippen molar-refractivity contribution in [3.05, 3.63) is 84.1 Å². The van der Waals surface area contributed by atoms with Gasteiger partial charge in [0.1, 0.15) is 0 Å². The maximum atomic E-state index is 11.8. The van der Waals surface area contributed by atoms with Crippen LogP contribution in [0.15, 0.2) is 73.0 Å². The van der Waals surface area contributed by atoms with Crippen LogP contribution in [0.1, 0.15) is 20.7 Å². The minimum absolute atomic E-state index is 0.427. The van der Waals surface area contributed by atoms with Gasteiger partial charge in [-0.05, 0) is 6.58 Å². The van der Waals surface area contributed by atoms with Crippen molar-refractivity contribution in [2.45, 2.75) is 0 Å². The summed E-state index contributed by atoms with van der Waals surface area (Å²) in [6, 6.07) is 17.2. The number of Topliss-reactive ketones (excluding diaryl/α,β-unsaturated/α-hetero) is 2. The molecule has 0 aliphatic carbocycles. The van der Waals surface area contributed by atoms with Crippen molar-refractivity contribution < 1.29 is 24.6 Å². The van der Waals surface area contributed by atoms with Crippen LogP contribution in [0.2, 0.25) is 0 Å². The molecule has 0 fully saturated rings. The summed E-state index contributed by atoms with van der Waals surface area (Å²) in [7, 11) is 0. The zero-order valence-electron chi connectivity index (χ0n) is 11.6. The number of aliphatic carboxylic acids is 1. The molecule has 0 amide bonds. The normalized spacial score (nSPS) is 9.09. The monoisotopic (exact) mass is 298 g/mol. The fourth-order valence-corrected chi connectivity index (χ4v) is 1.44. The molecule has 0 saturated heterocycles. The first-order valence-electron chi connectivity index (χ1n) is 6.23. The van der Waals surface area contributed by atoms with Crippen LogP contribution in [0.4, 0.5) is 0 Å². The summed E-state index contributed by atoms with van der Waals surface area (Å²) in [5.74, 6) is -3.14. The van der Waals surface area contributed by atoms with E-state index >= 15 is 0 Å². The Bertz CT molecular complexity index is 613. The van der Waals surface area contributed by atoms with Crippen LogP contribution in [-0.4, -0.2) is 27.7 Å². The van der Waals surface area contributed by atoms with Gasteiger partial charge in [-0.15, -0.1) is 0 Å². The van der Waals surface area contributed by atoms with E-state index in [1.54, 1.807) is 48.5 Å². The smallest absolute Gasteiger partial charge is 0.370 e. The molecule has 0 saturated carbocycles. The summed E-state index contributed by atoms with van der Waals surface area (Å²) in [6.07, 6.45) is 0. The quantitative estimate of drug-likeness (QED) is 0.392. The lowest BCUT2D eigenvalue weighted by atomic mass is 10.0. The summed E-state index contributed by atoms with van der Waals surface area (Å²) in [4.78, 5) is 32.9. The average molecular weight is 298 g/mol. The number of carbonyl (C=O) groups excluding carboxylic acids is 2. The van der Waals surface area contributed by atoms with Crippen molar-refractivity contribution in [3.8, 4) is 0 Å². The second kappa shape index (κ2) is 8.16. The van der Waals surface area contributed by atoms with E-state index in [9.17, 15) is 14.4 Å². The Morgan fingerprint density at radius 1 is 0.682 bits per heavy atom. The second-order valence-corrected chi connectivity index (χ2v) is 4.14. The number of carboxylic acids is 1. The molecule has 0 atom stereocenters. The Kier molecular flexibility index (Phi) is 6.25. The van der Waals surface area contributed by atoms with Gasteiger partial charge >= 0.3 is 5.97 Å². The number of carbonyl (C=O) groups is 3. The van der Waals surface area contributed by atoms with Crippen molar-refractivity contribution in [2.24, 2.45) is 0 Å². The lowest BCUT2D eigenvalue weighted by molar-refractivity contribution is -0.135. The number of hydrogen-bond donors (Lipinski definition) is 2. The molecule has 0 aliphatic rings. The van der Waals surface area contributed by atoms with E-state index in [-0.39, 0.29) is 0 Å². The summed E-state index contributed by atoms with van der Waals surface area (Å²) < 4.78 is 0. The third-order valence-corrected chi connectivity index (χ3v) is 2.53. The summed E-state index contributed by atoms with van der Waals surface area (Å²) in [6.45, 7) is 2.71. The molecular formula is C17H14O5. The van der Waals surface area contributed by atoms with Crippen LogP contribution in [0.3, 0.4) is 0 Å². The average Bonchev–Trinajstić information content (AvgIpc) is 2.55. The van der Waals surface area contributed by atoms with Crippen LogP contribution >= 0.6 is 0 Å². The molecule has 0 radical (unpaired) electrons. The highest BCUT2D eigenvalue weighted by molar-refractivity contribution is 6.49. The fraction of sp³-hybridized carbons (Fsp3) is 0. The maximum absolute atomic E-state index is 11.8. The molecule has 0 heterocycles. The Balaban J connectivity index is 0.000000346. The predicted octanol–water partition coefficient (Wildman–Crippen LogP) is 2.89. The van der Waals surface area contributed by atoms with Gasteiger partial charge in [0, 0.05) is 11.1 Å². The zero-order chi connectivity index (χ0) is 16.5. The number of hydrogen-bond acceptors (Lipinski definition) is 4. The number of rotatable bonds is 4. The Morgan fingerprint density at radius 2 is 0.955 bits per heavy atom. The van der Waals surface area contributed by atoms with Gasteiger partial charge in [0.05, 0.1) is 0 Å². The summed E-state index contributed by atoms with van der Waals surface area (Å²) >= 11 is 0. The van der Waals surface area contributed by atoms with Crippen LogP contribution in [0.25, 0.3) is 0 Å². The SMILES string of the molecule is C=C(O)C(=O)O.O=C(C(=O)c1ccccc1)c1ccccc1. The van der Waals surface area contributed by atoms with Gasteiger partial charge in [0.15, 0.2) is 5.76 Å². The van der Waals surface area contributed by atoms with E-state index < -0.39 is 23.3 Å². The number of aliphatic hydroxyl groups is 1. The Labute approximate surface area is 127 Å². The van der Waals surface area contributed by atoms with Gasteiger partial charge in [0.2, 0.25) is 11.6 Å². The van der Waals surface area contributed by atoms with Gasteiger partial charge in [-0.1, -0.05) is 60.7 Å². The second-order valence-electron chi connectivity index (χ2n) is 4.14.